The van der Waals surface area contributed by atoms with Crippen molar-refractivity contribution in [1.82, 2.24) is 10.2 Å². The molecule has 0 aromatic heterocycles. The van der Waals surface area contributed by atoms with Gasteiger partial charge in [-0.3, -0.25) is 13.9 Å². The molecule has 0 bridgehead atoms. The number of carbonyl (C=O) groups excluding carboxylic acids is 2. The quantitative estimate of drug-likeness (QED) is 0.258. The standard InChI is InChI=1S/C33H39F2N3O5S/c1-3-31(33(40)36-27-8-6-5-7-9-27)37(22-24-10-12-25(34)13-11-24)32(39)23-38(28-16-18-29(19-17-28)43-4-2)44(41,42)30-20-14-26(35)15-21-30/h10-21,27,31H,3-9,22-23H2,1-2H3,(H,36,40)/t31-/m1/s1. The Labute approximate surface area is 258 Å². The topological polar surface area (TPSA) is 96.0 Å². The van der Waals surface area contributed by atoms with Crippen LogP contribution in [0.25, 0.3) is 0 Å². The van der Waals surface area contributed by atoms with Gasteiger partial charge in [0.15, 0.2) is 0 Å². The molecule has 3 aromatic carbocycles. The van der Waals surface area contributed by atoms with E-state index in [2.05, 4.69) is 5.32 Å². The molecule has 1 aliphatic rings. The monoisotopic (exact) mass is 627 g/mol. The van der Waals surface area contributed by atoms with E-state index in [0.29, 0.717) is 17.9 Å². The smallest absolute Gasteiger partial charge is 0.264 e. The number of amides is 2. The normalized spacial score (nSPS) is 14.5. The van der Waals surface area contributed by atoms with Crippen LogP contribution in [0.4, 0.5) is 14.5 Å². The molecule has 1 N–H and O–H groups in total. The zero-order chi connectivity index (χ0) is 31.7. The van der Waals surface area contributed by atoms with E-state index in [1.54, 1.807) is 19.1 Å². The van der Waals surface area contributed by atoms with Crippen LogP contribution in [0.5, 0.6) is 5.75 Å². The Morgan fingerprint density at radius 1 is 0.886 bits per heavy atom. The number of carbonyl (C=O) groups is 2. The number of ether oxygens (including phenoxy) is 1. The van der Waals surface area contributed by atoms with Gasteiger partial charge in [0, 0.05) is 12.6 Å². The molecule has 44 heavy (non-hydrogen) atoms. The molecule has 8 nitrogen and oxygen atoms in total. The maximum atomic E-state index is 14.2. The maximum absolute atomic E-state index is 14.2. The number of nitrogens with zero attached hydrogens (tertiary/aromatic N) is 2. The Bertz CT molecular complexity index is 1490. The highest BCUT2D eigenvalue weighted by atomic mass is 32.2. The van der Waals surface area contributed by atoms with Crippen LogP contribution in [-0.4, -0.2) is 50.4 Å². The van der Waals surface area contributed by atoms with Crippen LogP contribution in [-0.2, 0) is 26.2 Å². The predicted octanol–water partition coefficient (Wildman–Crippen LogP) is 5.82. The van der Waals surface area contributed by atoms with E-state index in [-0.39, 0.29) is 35.5 Å². The van der Waals surface area contributed by atoms with E-state index in [0.717, 1.165) is 60.7 Å². The highest BCUT2D eigenvalue weighted by Gasteiger charge is 2.34. The number of nitrogens with one attached hydrogen (secondary N) is 1. The van der Waals surface area contributed by atoms with Crippen LogP contribution in [0.2, 0.25) is 0 Å². The molecular weight excluding hydrogens is 588 g/mol. The predicted molar refractivity (Wildman–Crippen MR) is 165 cm³/mol. The summed E-state index contributed by atoms with van der Waals surface area (Å²) in [5.41, 5.74) is 0.769. The Kier molecular flexibility index (Phi) is 11.3. The van der Waals surface area contributed by atoms with Crippen molar-refractivity contribution in [1.29, 1.82) is 0 Å². The second kappa shape index (κ2) is 15.1. The van der Waals surface area contributed by atoms with E-state index < -0.39 is 40.2 Å². The molecular formula is C33H39F2N3O5S. The second-order valence-electron chi connectivity index (χ2n) is 10.8. The Hall–Kier alpha value is -3.99. The minimum absolute atomic E-state index is 0.00674. The first-order valence-electron chi connectivity index (χ1n) is 15.0. The molecule has 1 fully saturated rings. The zero-order valence-electron chi connectivity index (χ0n) is 25.0. The molecule has 236 valence electrons. The largest absolute Gasteiger partial charge is 0.494 e. The van der Waals surface area contributed by atoms with Gasteiger partial charge in [0.2, 0.25) is 11.8 Å². The van der Waals surface area contributed by atoms with Crippen LogP contribution in [0.15, 0.2) is 77.7 Å². The van der Waals surface area contributed by atoms with Crippen molar-refractivity contribution in [2.45, 2.75) is 75.9 Å². The molecule has 0 heterocycles. The van der Waals surface area contributed by atoms with Gasteiger partial charge < -0.3 is 15.0 Å². The van der Waals surface area contributed by atoms with Gasteiger partial charge in [-0.1, -0.05) is 38.3 Å². The Morgan fingerprint density at radius 2 is 1.48 bits per heavy atom. The van der Waals surface area contributed by atoms with Crippen LogP contribution < -0.4 is 14.4 Å². The van der Waals surface area contributed by atoms with Gasteiger partial charge in [-0.15, -0.1) is 0 Å². The van der Waals surface area contributed by atoms with E-state index >= 15 is 0 Å². The van der Waals surface area contributed by atoms with Crippen molar-refractivity contribution in [3.05, 3.63) is 90.0 Å². The second-order valence-corrected chi connectivity index (χ2v) is 12.7. The molecule has 4 rings (SSSR count). The summed E-state index contributed by atoms with van der Waals surface area (Å²) in [5.74, 6) is -1.47. The summed E-state index contributed by atoms with van der Waals surface area (Å²) in [6.07, 6.45) is 5.13. The summed E-state index contributed by atoms with van der Waals surface area (Å²) in [7, 11) is -4.35. The Balaban J connectivity index is 1.70. The lowest BCUT2D eigenvalue weighted by Crippen LogP contribution is -2.54. The summed E-state index contributed by atoms with van der Waals surface area (Å²) >= 11 is 0. The third-order valence-corrected chi connectivity index (χ3v) is 9.51. The van der Waals surface area contributed by atoms with Gasteiger partial charge in [-0.05, 0) is 92.4 Å². The van der Waals surface area contributed by atoms with E-state index in [1.807, 2.05) is 6.92 Å². The van der Waals surface area contributed by atoms with Gasteiger partial charge in [-0.25, -0.2) is 17.2 Å². The molecule has 1 atom stereocenters. The maximum Gasteiger partial charge on any atom is 0.264 e. The molecule has 1 saturated carbocycles. The summed E-state index contributed by atoms with van der Waals surface area (Å²) in [6.45, 7) is 3.35. The first-order chi connectivity index (χ1) is 21.1. The molecule has 0 spiro atoms. The van der Waals surface area contributed by atoms with Crippen molar-refractivity contribution < 1.29 is 31.5 Å². The average molecular weight is 628 g/mol. The van der Waals surface area contributed by atoms with E-state index in [9.17, 15) is 26.8 Å². The molecule has 0 unspecified atom stereocenters. The molecule has 0 radical (unpaired) electrons. The SMILES string of the molecule is CCOc1ccc(N(CC(=O)N(Cc2ccc(F)cc2)[C@H](CC)C(=O)NC2CCCCC2)S(=O)(=O)c2ccc(F)cc2)cc1. The average Bonchev–Trinajstić information content (AvgIpc) is 3.02. The molecule has 11 heteroatoms. The van der Waals surface area contributed by atoms with Crippen molar-refractivity contribution >= 4 is 27.5 Å². The number of rotatable bonds is 13. The summed E-state index contributed by atoms with van der Waals surface area (Å²) in [4.78, 5) is 28.9. The van der Waals surface area contributed by atoms with Crippen LogP contribution in [0, 0.1) is 11.6 Å². The Morgan fingerprint density at radius 3 is 2.05 bits per heavy atom. The lowest BCUT2D eigenvalue weighted by Gasteiger charge is -2.34. The number of benzene rings is 3. The number of halogens is 2. The highest BCUT2D eigenvalue weighted by Crippen LogP contribution is 2.27. The first kappa shape index (κ1) is 32.9. The summed E-state index contributed by atoms with van der Waals surface area (Å²) in [6, 6.07) is 15.3. The summed E-state index contributed by atoms with van der Waals surface area (Å²) < 4.78 is 61.7. The third kappa shape index (κ3) is 8.34. The lowest BCUT2D eigenvalue weighted by atomic mass is 9.95. The van der Waals surface area contributed by atoms with Crippen LogP contribution >= 0.6 is 0 Å². The van der Waals surface area contributed by atoms with Crippen molar-refractivity contribution in [3.8, 4) is 5.75 Å². The molecule has 3 aromatic rings. The fraction of sp³-hybridized carbons (Fsp3) is 0.394. The molecule has 0 aliphatic heterocycles. The molecule has 0 saturated heterocycles. The first-order valence-corrected chi connectivity index (χ1v) is 16.4. The minimum atomic E-state index is -4.35. The van der Waals surface area contributed by atoms with Crippen LogP contribution in [0.1, 0.15) is 57.9 Å². The fourth-order valence-corrected chi connectivity index (χ4v) is 6.80. The number of anilines is 1. The van der Waals surface area contributed by atoms with Gasteiger partial charge in [-0.2, -0.15) is 0 Å². The van der Waals surface area contributed by atoms with E-state index in [4.69, 9.17) is 4.74 Å². The number of sulfonamides is 1. The van der Waals surface area contributed by atoms with Gasteiger partial charge in [0.05, 0.1) is 17.2 Å². The summed E-state index contributed by atoms with van der Waals surface area (Å²) in [5, 5.41) is 3.09. The fourth-order valence-electron chi connectivity index (χ4n) is 5.39. The van der Waals surface area contributed by atoms with Crippen molar-refractivity contribution in [2.24, 2.45) is 0 Å². The molecule has 1 aliphatic carbocycles. The van der Waals surface area contributed by atoms with Crippen molar-refractivity contribution in [3.63, 3.8) is 0 Å². The van der Waals surface area contributed by atoms with Gasteiger partial charge in [0.25, 0.3) is 10.0 Å². The van der Waals surface area contributed by atoms with Crippen LogP contribution in [0.3, 0.4) is 0 Å². The van der Waals surface area contributed by atoms with Gasteiger partial charge in [0.1, 0.15) is 30.0 Å². The zero-order valence-corrected chi connectivity index (χ0v) is 25.9. The number of hydrogen-bond donors (Lipinski definition) is 1. The number of hydrogen-bond acceptors (Lipinski definition) is 5. The van der Waals surface area contributed by atoms with Gasteiger partial charge >= 0.3 is 0 Å². The van der Waals surface area contributed by atoms with E-state index in [1.165, 1.54) is 41.3 Å². The highest BCUT2D eigenvalue weighted by molar-refractivity contribution is 7.92. The minimum Gasteiger partial charge on any atom is -0.494 e. The molecule has 2 amide bonds. The lowest BCUT2D eigenvalue weighted by molar-refractivity contribution is -0.140. The van der Waals surface area contributed by atoms with Crippen molar-refractivity contribution in [2.75, 3.05) is 17.5 Å². The third-order valence-electron chi connectivity index (χ3n) is 7.72.